The van der Waals surface area contributed by atoms with Crippen LogP contribution in [-0.2, 0) is 6.54 Å². The van der Waals surface area contributed by atoms with E-state index < -0.39 is 0 Å². The molecule has 0 aromatic carbocycles. The highest BCUT2D eigenvalue weighted by Gasteiger charge is 2.27. The lowest BCUT2D eigenvalue weighted by atomic mass is 10.1. The van der Waals surface area contributed by atoms with E-state index in [4.69, 9.17) is 0 Å². The first-order valence-electron chi connectivity index (χ1n) is 8.56. The van der Waals surface area contributed by atoms with Crippen LogP contribution in [0.1, 0.15) is 33.8 Å². The molecule has 2 aromatic heterocycles. The third kappa shape index (κ3) is 3.80. The van der Waals surface area contributed by atoms with Gasteiger partial charge in [0.15, 0.2) is 5.82 Å². The van der Waals surface area contributed by atoms with E-state index in [-0.39, 0.29) is 0 Å². The summed E-state index contributed by atoms with van der Waals surface area (Å²) in [5.41, 5.74) is 5.48. The Bertz CT molecular complexity index is 793. The Balaban J connectivity index is 1.63. The standard InChI is InChI=1S/C18H24N6S/c1-12-13(2)21-22-18(16(12)7-19)24-6-5-15(9-24)8-23(4)10-17-14(3)20-11-25-17/h11,15H,5-6,8-10H2,1-4H3/t15-/m1/s1. The molecule has 0 aliphatic carbocycles. The Morgan fingerprint density at radius 1 is 1.32 bits per heavy atom. The van der Waals surface area contributed by atoms with Crippen molar-refractivity contribution in [2.24, 2.45) is 5.92 Å². The molecule has 6 nitrogen and oxygen atoms in total. The topological polar surface area (TPSA) is 68.9 Å². The van der Waals surface area contributed by atoms with E-state index in [9.17, 15) is 5.26 Å². The van der Waals surface area contributed by atoms with Crippen LogP contribution in [0.4, 0.5) is 5.82 Å². The Hall–Kier alpha value is -2.04. The van der Waals surface area contributed by atoms with Gasteiger partial charge >= 0.3 is 0 Å². The lowest BCUT2D eigenvalue weighted by Gasteiger charge is -2.22. The minimum absolute atomic E-state index is 0.577. The minimum atomic E-state index is 0.577. The van der Waals surface area contributed by atoms with Crippen molar-refractivity contribution in [1.82, 2.24) is 20.1 Å². The predicted octanol–water partition coefficient (Wildman–Crippen LogP) is 2.69. The molecule has 0 spiro atoms. The fourth-order valence-electron chi connectivity index (χ4n) is 3.35. The van der Waals surface area contributed by atoms with Crippen molar-refractivity contribution in [3.05, 3.63) is 32.9 Å². The molecule has 1 saturated heterocycles. The van der Waals surface area contributed by atoms with Crippen molar-refractivity contribution in [2.45, 2.75) is 33.7 Å². The number of aromatic nitrogens is 3. The quantitative estimate of drug-likeness (QED) is 0.820. The number of aryl methyl sites for hydroxylation is 2. The summed E-state index contributed by atoms with van der Waals surface area (Å²) in [6, 6.07) is 2.31. The molecular formula is C18H24N6S. The third-order valence-corrected chi connectivity index (χ3v) is 5.88. The van der Waals surface area contributed by atoms with Gasteiger partial charge in [0.05, 0.1) is 16.9 Å². The summed E-state index contributed by atoms with van der Waals surface area (Å²) in [6.07, 6.45) is 1.12. The van der Waals surface area contributed by atoms with Crippen LogP contribution in [0.2, 0.25) is 0 Å². The summed E-state index contributed by atoms with van der Waals surface area (Å²) in [6.45, 7) is 9.76. The van der Waals surface area contributed by atoms with E-state index in [1.165, 1.54) is 4.88 Å². The van der Waals surface area contributed by atoms with Crippen molar-refractivity contribution >= 4 is 17.2 Å². The summed E-state index contributed by atoms with van der Waals surface area (Å²) in [4.78, 5) is 10.2. The molecule has 7 heteroatoms. The van der Waals surface area contributed by atoms with Crippen molar-refractivity contribution in [3.63, 3.8) is 0 Å². The number of hydrogen-bond acceptors (Lipinski definition) is 7. The van der Waals surface area contributed by atoms with Gasteiger partial charge in [0, 0.05) is 31.1 Å². The molecular weight excluding hydrogens is 332 g/mol. The fraction of sp³-hybridized carbons (Fsp3) is 0.556. The average Bonchev–Trinajstić information content (AvgIpc) is 3.19. The molecule has 132 valence electrons. The lowest BCUT2D eigenvalue weighted by molar-refractivity contribution is 0.281. The molecule has 1 aliphatic rings. The van der Waals surface area contributed by atoms with Gasteiger partial charge in [0.2, 0.25) is 0 Å². The molecule has 3 heterocycles. The van der Waals surface area contributed by atoms with Crippen molar-refractivity contribution in [2.75, 3.05) is 31.6 Å². The highest BCUT2D eigenvalue weighted by molar-refractivity contribution is 7.09. The second-order valence-electron chi connectivity index (χ2n) is 6.88. The molecule has 0 bridgehead atoms. The molecule has 25 heavy (non-hydrogen) atoms. The smallest absolute Gasteiger partial charge is 0.169 e. The molecule has 1 fully saturated rings. The number of anilines is 1. The number of rotatable bonds is 5. The van der Waals surface area contributed by atoms with Gasteiger partial charge in [-0.25, -0.2) is 4.98 Å². The first-order valence-corrected chi connectivity index (χ1v) is 9.44. The maximum atomic E-state index is 9.51. The SMILES string of the molecule is Cc1ncsc1CN(C)C[C@H]1CCN(c2nnc(C)c(C)c2C#N)C1. The van der Waals surface area contributed by atoms with Crippen molar-refractivity contribution in [3.8, 4) is 6.07 Å². The normalized spacial score (nSPS) is 17.3. The van der Waals surface area contributed by atoms with Gasteiger partial charge in [0.25, 0.3) is 0 Å². The fourth-order valence-corrected chi connectivity index (χ4v) is 4.21. The first kappa shape index (κ1) is 17.8. The zero-order chi connectivity index (χ0) is 18.0. The van der Waals surface area contributed by atoms with E-state index >= 15 is 0 Å². The predicted molar refractivity (Wildman–Crippen MR) is 99.7 cm³/mol. The molecule has 0 N–H and O–H groups in total. The van der Waals surface area contributed by atoms with Crippen molar-refractivity contribution in [1.29, 1.82) is 5.26 Å². The Morgan fingerprint density at radius 2 is 2.12 bits per heavy atom. The molecule has 3 rings (SSSR count). The van der Waals surface area contributed by atoms with Gasteiger partial charge in [0.1, 0.15) is 11.6 Å². The molecule has 0 unspecified atom stereocenters. The molecule has 1 atom stereocenters. The monoisotopic (exact) mass is 356 g/mol. The van der Waals surface area contributed by atoms with Gasteiger partial charge in [-0.1, -0.05) is 0 Å². The van der Waals surface area contributed by atoms with E-state index in [1.807, 2.05) is 19.4 Å². The Morgan fingerprint density at radius 3 is 2.80 bits per heavy atom. The second kappa shape index (κ2) is 7.46. The van der Waals surface area contributed by atoms with Gasteiger partial charge < -0.3 is 9.80 Å². The first-order chi connectivity index (χ1) is 12.0. The van der Waals surface area contributed by atoms with Gasteiger partial charge in [-0.15, -0.1) is 16.4 Å². The number of nitriles is 1. The summed E-state index contributed by atoms with van der Waals surface area (Å²) >= 11 is 1.72. The Labute approximate surface area is 153 Å². The summed E-state index contributed by atoms with van der Waals surface area (Å²) in [5, 5.41) is 18.0. The zero-order valence-corrected chi connectivity index (χ0v) is 16.1. The summed E-state index contributed by atoms with van der Waals surface area (Å²) in [5.74, 6) is 1.32. The second-order valence-corrected chi connectivity index (χ2v) is 7.82. The van der Waals surface area contributed by atoms with Crippen LogP contribution >= 0.6 is 11.3 Å². The van der Waals surface area contributed by atoms with Crippen LogP contribution in [0.25, 0.3) is 0 Å². The van der Waals surface area contributed by atoms with Crippen LogP contribution < -0.4 is 4.90 Å². The van der Waals surface area contributed by atoms with Crippen LogP contribution in [0.15, 0.2) is 5.51 Å². The van der Waals surface area contributed by atoms with Crippen molar-refractivity contribution < 1.29 is 0 Å². The summed E-state index contributed by atoms with van der Waals surface area (Å²) < 4.78 is 0. The lowest BCUT2D eigenvalue weighted by Crippen LogP contribution is -2.29. The average molecular weight is 356 g/mol. The Kier molecular flexibility index (Phi) is 5.30. The minimum Gasteiger partial charge on any atom is -0.354 e. The van der Waals surface area contributed by atoms with Crippen LogP contribution in [0, 0.1) is 38.0 Å². The molecule has 0 amide bonds. The van der Waals surface area contributed by atoms with Crippen LogP contribution in [0.5, 0.6) is 0 Å². The molecule has 0 radical (unpaired) electrons. The number of hydrogen-bond donors (Lipinski definition) is 0. The third-order valence-electron chi connectivity index (χ3n) is 4.96. The molecule has 1 aliphatic heterocycles. The van der Waals surface area contributed by atoms with E-state index in [1.54, 1.807) is 11.3 Å². The van der Waals surface area contributed by atoms with Crippen LogP contribution in [0.3, 0.4) is 0 Å². The number of nitrogens with zero attached hydrogens (tertiary/aromatic N) is 6. The van der Waals surface area contributed by atoms with Gasteiger partial charge in [-0.2, -0.15) is 10.4 Å². The maximum absolute atomic E-state index is 9.51. The highest BCUT2D eigenvalue weighted by Crippen LogP contribution is 2.27. The van der Waals surface area contributed by atoms with E-state index in [0.717, 1.165) is 55.4 Å². The van der Waals surface area contributed by atoms with Crippen LogP contribution in [-0.4, -0.2) is 46.8 Å². The van der Waals surface area contributed by atoms with Gasteiger partial charge in [-0.3, -0.25) is 0 Å². The molecule has 2 aromatic rings. The largest absolute Gasteiger partial charge is 0.354 e. The highest BCUT2D eigenvalue weighted by atomic mass is 32.1. The maximum Gasteiger partial charge on any atom is 0.169 e. The van der Waals surface area contributed by atoms with Gasteiger partial charge in [-0.05, 0) is 45.7 Å². The van der Waals surface area contributed by atoms with E-state index in [2.05, 4.69) is 45.0 Å². The molecule has 0 saturated carbocycles. The summed E-state index contributed by atoms with van der Waals surface area (Å²) in [7, 11) is 2.17. The number of thiazole rings is 1. The zero-order valence-electron chi connectivity index (χ0n) is 15.3. The van der Waals surface area contributed by atoms with E-state index in [0.29, 0.717) is 11.5 Å².